The zero-order chi connectivity index (χ0) is 16.1. The molecule has 0 heterocycles. The molecule has 0 unspecified atom stereocenters. The maximum Gasteiger partial charge on any atom is 0.142 e. The van der Waals surface area contributed by atoms with Crippen LogP contribution in [0.3, 0.4) is 0 Å². The van der Waals surface area contributed by atoms with E-state index in [0.717, 1.165) is 22.4 Å². The SMILES string of the molecule is COc1cc(-c2ccc(OCc3ccccc3)cc2)ccc1N. The van der Waals surface area contributed by atoms with Gasteiger partial charge in [-0.2, -0.15) is 0 Å². The van der Waals surface area contributed by atoms with Crippen LogP contribution < -0.4 is 15.2 Å². The van der Waals surface area contributed by atoms with E-state index in [4.69, 9.17) is 15.2 Å². The van der Waals surface area contributed by atoms with Gasteiger partial charge >= 0.3 is 0 Å². The third kappa shape index (κ3) is 3.64. The fraction of sp³-hybridized carbons (Fsp3) is 0.100. The molecule has 0 amide bonds. The number of nitrogens with two attached hydrogens (primary N) is 1. The van der Waals surface area contributed by atoms with Gasteiger partial charge in [0.1, 0.15) is 18.1 Å². The van der Waals surface area contributed by atoms with Gasteiger partial charge in [-0.25, -0.2) is 0 Å². The number of hydrogen-bond acceptors (Lipinski definition) is 3. The van der Waals surface area contributed by atoms with Gasteiger partial charge in [0, 0.05) is 0 Å². The van der Waals surface area contributed by atoms with Crippen LogP contribution in [0, 0.1) is 0 Å². The monoisotopic (exact) mass is 305 g/mol. The maximum atomic E-state index is 5.85. The molecule has 0 radical (unpaired) electrons. The average molecular weight is 305 g/mol. The molecule has 0 atom stereocenters. The lowest BCUT2D eigenvalue weighted by Gasteiger charge is -2.09. The van der Waals surface area contributed by atoms with Crippen molar-refractivity contribution in [2.75, 3.05) is 12.8 Å². The molecule has 3 rings (SSSR count). The molecule has 0 spiro atoms. The third-order valence-corrected chi connectivity index (χ3v) is 3.67. The lowest BCUT2D eigenvalue weighted by atomic mass is 10.0. The fourth-order valence-corrected chi connectivity index (χ4v) is 2.38. The van der Waals surface area contributed by atoms with Gasteiger partial charge in [-0.3, -0.25) is 0 Å². The average Bonchev–Trinajstić information content (AvgIpc) is 2.62. The van der Waals surface area contributed by atoms with E-state index in [-0.39, 0.29) is 0 Å². The molecule has 0 aromatic heterocycles. The van der Waals surface area contributed by atoms with Gasteiger partial charge < -0.3 is 15.2 Å². The van der Waals surface area contributed by atoms with Crippen molar-refractivity contribution in [2.24, 2.45) is 0 Å². The van der Waals surface area contributed by atoms with Crippen molar-refractivity contribution in [3.8, 4) is 22.6 Å². The Balaban J connectivity index is 1.72. The van der Waals surface area contributed by atoms with Crippen LogP contribution >= 0.6 is 0 Å². The Bertz CT molecular complexity index is 767. The van der Waals surface area contributed by atoms with Gasteiger partial charge in [0.25, 0.3) is 0 Å². The lowest BCUT2D eigenvalue weighted by molar-refractivity contribution is 0.306. The van der Waals surface area contributed by atoms with Crippen LogP contribution in [-0.2, 0) is 6.61 Å². The molecule has 116 valence electrons. The Hall–Kier alpha value is -2.94. The summed E-state index contributed by atoms with van der Waals surface area (Å²) in [7, 11) is 1.62. The Labute approximate surface area is 136 Å². The van der Waals surface area contributed by atoms with Crippen LogP contribution in [0.25, 0.3) is 11.1 Å². The molecule has 0 saturated carbocycles. The molecule has 3 nitrogen and oxygen atoms in total. The Morgan fingerprint density at radius 2 is 1.52 bits per heavy atom. The van der Waals surface area contributed by atoms with Gasteiger partial charge in [0.05, 0.1) is 12.8 Å². The molecule has 0 aliphatic carbocycles. The van der Waals surface area contributed by atoms with E-state index in [2.05, 4.69) is 12.1 Å². The molecule has 0 aliphatic heterocycles. The number of methoxy groups -OCH3 is 1. The summed E-state index contributed by atoms with van der Waals surface area (Å²) < 4.78 is 11.1. The minimum atomic E-state index is 0.565. The van der Waals surface area contributed by atoms with Gasteiger partial charge in [0.15, 0.2) is 0 Å². The van der Waals surface area contributed by atoms with Crippen LogP contribution in [0.15, 0.2) is 72.8 Å². The fourth-order valence-electron chi connectivity index (χ4n) is 2.38. The molecular weight excluding hydrogens is 286 g/mol. The highest BCUT2D eigenvalue weighted by molar-refractivity contribution is 5.70. The van der Waals surface area contributed by atoms with Crippen molar-refractivity contribution in [1.29, 1.82) is 0 Å². The topological polar surface area (TPSA) is 44.5 Å². The number of anilines is 1. The number of hydrogen-bond donors (Lipinski definition) is 1. The first-order valence-electron chi connectivity index (χ1n) is 7.47. The Morgan fingerprint density at radius 1 is 0.826 bits per heavy atom. The smallest absolute Gasteiger partial charge is 0.142 e. The van der Waals surface area contributed by atoms with E-state index in [0.29, 0.717) is 18.0 Å². The predicted octanol–water partition coefficient (Wildman–Crippen LogP) is 4.52. The minimum Gasteiger partial charge on any atom is -0.495 e. The summed E-state index contributed by atoms with van der Waals surface area (Å²) in [6.07, 6.45) is 0. The second-order valence-corrected chi connectivity index (χ2v) is 5.26. The molecule has 0 saturated heterocycles. The van der Waals surface area contributed by atoms with Crippen molar-refractivity contribution in [1.82, 2.24) is 0 Å². The van der Waals surface area contributed by atoms with Crippen LogP contribution in [0.4, 0.5) is 5.69 Å². The zero-order valence-electron chi connectivity index (χ0n) is 13.0. The first-order chi connectivity index (χ1) is 11.3. The van der Waals surface area contributed by atoms with E-state index in [1.165, 1.54) is 0 Å². The number of ether oxygens (including phenoxy) is 2. The van der Waals surface area contributed by atoms with Crippen molar-refractivity contribution in [3.05, 3.63) is 78.4 Å². The highest BCUT2D eigenvalue weighted by Crippen LogP contribution is 2.29. The Morgan fingerprint density at radius 3 is 2.22 bits per heavy atom. The summed E-state index contributed by atoms with van der Waals surface area (Å²) in [5.41, 5.74) is 9.80. The van der Waals surface area contributed by atoms with Gasteiger partial charge in [0.2, 0.25) is 0 Å². The first-order valence-corrected chi connectivity index (χ1v) is 7.47. The summed E-state index contributed by atoms with van der Waals surface area (Å²) in [6, 6.07) is 23.9. The van der Waals surface area contributed by atoms with Crippen LogP contribution in [0.5, 0.6) is 11.5 Å². The molecule has 0 bridgehead atoms. The van der Waals surface area contributed by atoms with E-state index >= 15 is 0 Å². The normalized spacial score (nSPS) is 10.3. The van der Waals surface area contributed by atoms with Crippen molar-refractivity contribution in [2.45, 2.75) is 6.61 Å². The van der Waals surface area contributed by atoms with Crippen LogP contribution in [0.2, 0.25) is 0 Å². The number of nitrogen functional groups attached to an aromatic ring is 1. The van der Waals surface area contributed by atoms with Crippen molar-refractivity contribution >= 4 is 5.69 Å². The van der Waals surface area contributed by atoms with E-state index in [9.17, 15) is 0 Å². The quantitative estimate of drug-likeness (QED) is 0.705. The molecule has 2 N–H and O–H groups in total. The summed E-state index contributed by atoms with van der Waals surface area (Å²) in [6.45, 7) is 0.565. The number of rotatable bonds is 5. The molecule has 3 heteroatoms. The summed E-state index contributed by atoms with van der Waals surface area (Å²) in [4.78, 5) is 0. The molecule has 3 aromatic rings. The predicted molar refractivity (Wildman–Crippen MR) is 93.6 cm³/mol. The summed E-state index contributed by atoms with van der Waals surface area (Å²) in [5, 5.41) is 0. The second-order valence-electron chi connectivity index (χ2n) is 5.26. The maximum absolute atomic E-state index is 5.85. The molecule has 23 heavy (non-hydrogen) atoms. The summed E-state index contributed by atoms with van der Waals surface area (Å²) in [5.74, 6) is 1.53. The van der Waals surface area contributed by atoms with Crippen molar-refractivity contribution < 1.29 is 9.47 Å². The van der Waals surface area contributed by atoms with E-state index in [1.807, 2.05) is 60.7 Å². The molecule has 0 aliphatic rings. The molecule has 0 fully saturated rings. The lowest BCUT2D eigenvalue weighted by Crippen LogP contribution is -1.95. The van der Waals surface area contributed by atoms with E-state index in [1.54, 1.807) is 7.11 Å². The number of benzene rings is 3. The third-order valence-electron chi connectivity index (χ3n) is 3.67. The molecular formula is C20H19NO2. The van der Waals surface area contributed by atoms with Gasteiger partial charge in [-0.05, 0) is 41.0 Å². The highest BCUT2D eigenvalue weighted by atomic mass is 16.5. The minimum absolute atomic E-state index is 0.565. The van der Waals surface area contributed by atoms with Gasteiger partial charge in [-0.15, -0.1) is 0 Å². The van der Waals surface area contributed by atoms with Crippen molar-refractivity contribution in [3.63, 3.8) is 0 Å². The largest absolute Gasteiger partial charge is 0.495 e. The molecule has 3 aromatic carbocycles. The van der Waals surface area contributed by atoms with Gasteiger partial charge in [-0.1, -0.05) is 48.5 Å². The zero-order valence-corrected chi connectivity index (χ0v) is 13.0. The highest BCUT2D eigenvalue weighted by Gasteiger charge is 2.04. The summed E-state index contributed by atoms with van der Waals surface area (Å²) >= 11 is 0. The standard InChI is InChI=1S/C20H19NO2/c1-22-20-13-17(9-12-19(20)21)16-7-10-18(11-8-16)23-14-15-5-3-2-4-6-15/h2-13H,14,21H2,1H3. The van der Waals surface area contributed by atoms with Crippen LogP contribution in [-0.4, -0.2) is 7.11 Å². The second kappa shape index (κ2) is 6.88. The van der Waals surface area contributed by atoms with Crippen LogP contribution in [0.1, 0.15) is 5.56 Å². The Kier molecular flexibility index (Phi) is 4.48. The van der Waals surface area contributed by atoms with E-state index < -0.39 is 0 Å². The first kappa shape index (κ1) is 15.0.